The van der Waals surface area contributed by atoms with Crippen LogP contribution in [0.15, 0.2) is 24.3 Å². The van der Waals surface area contributed by atoms with Crippen LogP contribution in [0.5, 0.6) is 5.75 Å². The minimum absolute atomic E-state index is 0.518. The molecule has 5 nitrogen and oxygen atoms in total. The van der Waals surface area contributed by atoms with Gasteiger partial charge in [-0.1, -0.05) is 12.1 Å². The molecule has 1 aliphatic rings. The van der Waals surface area contributed by atoms with E-state index in [-0.39, 0.29) is 0 Å². The molecule has 0 radical (unpaired) electrons. The zero-order valence-electron chi connectivity index (χ0n) is 14.0. The first kappa shape index (κ1) is 17.7. The Kier molecular flexibility index (Phi) is 7.88. The van der Waals surface area contributed by atoms with Crippen molar-refractivity contribution in [2.75, 3.05) is 39.5 Å². The molecule has 1 N–H and O–H groups in total. The van der Waals surface area contributed by atoms with Crippen molar-refractivity contribution < 1.29 is 9.47 Å². The molecule has 23 heavy (non-hydrogen) atoms. The van der Waals surface area contributed by atoms with Gasteiger partial charge >= 0.3 is 0 Å². The Labute approximate surface area is 139 Å². The standard InChI is InChI=1S/C18H27N3O2/c1-16(21-8-11-22-12-9-21)14-20-15-17-5-4-6-18(13-17)23-10-3-2-7-19/h4-6,13,16,20H,2-3,8-12,14-15H2,1H3. The van der Waals surface area contributed by atoms with Crippen molar-refractivity contribution in [3.8, 4) is 11.8 Å². The molecular formula is C18H27N3O2. The normalized spacial score (nSPS) is 16.7. The topological polar surface area (TPSA) is 57.5 Å². The fourth-order valence-electron chi connectivity index (χ4n) is 2.66. The van der Waals surface area contributed by atoms with E-state index in [2.05, 4.69) is 35.3 Å². The van der Waals surface area contributed by atoms with Crippen LogP contribution in [0, 0.1) is 11.3 Å². The van der Waals surface area contributed by atoms with E-state index in [9.17, 15) is 0 Å². The van der Waals surface area contributed by atoms with Gasteiger partial charge in [0.15, 0.2) is 0 Å². The number of nitrogens with zero attached hydrogens (tertiary/aromatic N) is 2. The van der Waals surface area contributed by atoms with E-state index in [1.54, 1.807) is 0 Å². The molecule has 1 aromatic carbocycles. The SMILES string of the molecule is CC(CNCc1cccc(OCCCC#N)c1)N1CCOCC1. The first-order chi connectivity index (χ1) is 11.3. The predicted molar refractivity (Wildman–Crippen MR) is 90.3 cm³/mol. The van der Waals surface area contributed by atoms with E-state index >= 15 is 0 Å². The van der Waals surface area contributed by atoms with Crippen molar-refractivity contribution in [2.45, 2.75) is 32.4 Å². The summed E-state index contributed by atoms with van der Waals surface area (Å²) in [4.78, 5) is 2.46. The Morgan fingerprint density at radius 3 is 3.00 bits per heavy atom. The maximum Gasteiger partial charge on any atom is 0.119 e. The molecule has 0 saturated carbocycles. The molecule has 126 valence electrons. The van der Waals surface area contributed by atoms with E-state index in [1.165, 1.54) is 5.56 Å². The summed E-state index contributed by atoms with van der Waals surface area (Å²) in [6.07, 6.45) is 1.32. The van der Waals surface area contributed by atoms with E-state index in [0.717, 1.165) is 51.6 Å². The van der Waals surface area contributed by atoms with Crippen LogP contribution in [0.3, 0.4) is 0 Å². The third-order valence-corrected chi connectivity index (χ3v) is 4.04. The molecule has 0 aliphatic carbocycles. The van der Waals surface area contributed by atoms with Gasteiger partial charge in [0.2, 0.25) is 0 Å². The quantitative estimate of drug-likeness (QED) is 0.708. The fraction of sp³-hybridized carbons (Fsp3) is 0.611. The van der Waals surface area contributed by atoms with Gasteiger partial charge in [-0.05, 0) is 31.0 Å². The summed E-state index contributed by atoms with van der Waals surface area (Å²) >= 11 is 0. The molecule has 0 amide bonds. The number of ether oxygens (including phenoxy) is 2. The van der Waals surface area contributed by atoms with Crippen LogP contribution < -0.4 is 10.1 Å². The Morgan fingerprint density at radius 2 is 2.22 bits per heavy atom. The minimum atomic E-state index is 0.518. The average Bonchev–Trinajstić information content (AvgIpc) is 2.60. The molecule has 0 spiro atoms. The first-order valence-electron chi connectivity index (χ1n) is 8.41. The second kappa shape index (κ2) is 10.2. The van der Waals surface area contributed by atoms with Gasteiger partial charge in [-0.25, -0.2) is 0 Å². The number of nitrogens with one attached hydrogen (secondary N) is 1. The molecule has 2 rings (SSSR count). The molecule has 0 bridgehead atoms. The minimum Gasteiger partial charge on any atom is -0.494 e. The van der Waals surface area contributed by atoms with E-state index in [1.807, 2.05) is 12.1 Å². The summed E-state index contributed by atoms with van der Waals surface area (Å²) in [5.74, 6) is 0.878. The lowest BCUT2D eigenvalue weighted by Gasteiger charge is -2.32. The second-order valence-corrected chi connectivity index (χ2v) is 5.89. The Morgan fingerprint density at radius 1 is 1.39 bits per heavy atom. The van der Waals surface area contributed by atoms with Crippen molar-refractivity contribution >= 4 is 0 Å². The van der Waals surface area contributed by atoms with E-state index in [0.29, 0.717) is 19.1 Å². The summed E-state index contributed by atoms with van der Waals surface area (Å²) in [5, 5.41) is 12.0. The number of nitriles is 1. The maximum absolute atomic E-state index is 8.52. The number of benzene rings is 1. The first-order valence-corrected chi connectivity index (χ1v) is 8.41. The molecule has 1 aromatic rings. The lowest BCUT2D eigenvalue weighted by molar-refractivity contribution is 0.0203. The molecule has 1 aliphatic heterocycles. The molecule has 1 unspecified atom stereocenters. The second-order valence-electron chi connectivity index (χ2n) is 5.89. The molecule has 1 heterocycles. The smallest absolute Gasteiger partial charge is 0.119 e. The molecule has 1 atom stereocenters. The van der Waals surface area contributed by atoms with Crippen molar-refractivity contribution in [3.63, 3.8) is 0 Å². The zero-order chi connectivity index (χ0) is 16.3. The number of morpholine rings is 1. The van der Waals surface area contributed by atoms with Crippen LogP contribution in [0.4, 0.5) is 0 Å². The van der Waals surface area contributed by atoms with Gasteiger partial charge in [-0.3, -0.25) is 4.90 Å². The van der Waals surface area contributed by atoms with Crippen molar-refractivity contribution in [2.24, 2.45) is 0 Å². The van der Waals surface area contributed by atoms with Gasteiger partial charge in [-0.15, -0.1) is 0 Å². The van der Waals surface area contributed by atoms with Crippen LogP contribution >= 0.6 is 0 Å². The Hall–Kier alpha value is -1.61. The van der Waals surface area contributed by atoms with Crippen LogP contribution in [-0.4, -0.2) is 50.4 Å². The lowest BCUT2D eigenvalue weighted by Crippen LogP contribution is -2.46. The van der Waals surface area contributed by atoms with Crippen LogP contribution in [0.2, 0.25) is 0 Å². The van der Waals surface area contributed by atoms with Gasteiger partial charge in [0.25, 0.3) is 0 Å². The highest BCUT2D eigenvalue weighted by atomic mass is 16.5. The number of unbranched alkanes of at least 4 members (excludes halogenated alkanes) is 1. The highest BCUT2D eigenvalue weighted by Crippen LogP contribution is 2.14. The summed E-state index contributed by atoms with van der Waals surface area (Å²) in [7, 11) is 0. The summed E-state index contributed by atoms with van der Waals surface area (Å²) < 4.78 is 11.1. The molecule has 1 fully saturated rings. The number of rotatable bonds is 9. The summed E-state index contributed by atoms with van der Waals surface area (Å²) in [5.41, 5.74) is 1.22. The van der Waals surface area contributed by atoms with E-state index < -0.39 is 0 Å². The van der Waals surface area contributed by atoms with Gasteiger partial charge < -0.3 is 14.8 Å². The van der Waals surface area contributed by atoms with E-state index in [4.69, 9.17) is 14.7 Å². The summed E-state index contributed by atoms with van der Waals surface area (Å²) in [6.45, 7) is 8.39. The van der Waals surface area contributed by atoms with Gasteiger partial charge in [0.05, 0.1) is 25.9 Å². The molecule has 5 heteroatoms. The van der Waals surface area contributed by atoms with Gasteiger partial charge in [0.1, 0.15) is 5.75 Å². The predicted octanol–water partition coefficient (Wildman–Crippen LogP) is 2.18. The van der Waals surface area contributed by atoms with Crippen LogP contribution in [0.1, 0.15) is 25.3 Å². The lowest BCUT2D eigenvalue weighted by atomic mass is 10.2. The van der Waals surface area contributed by atoms with Crippen LogP contribution in [-0.2, 0) is 11.3 Å². The third kappa shape index (κ3) is 6.57. The maximum atomic E-state index is 8.52. The Bertz CT molecular complexity index is 495. The monoisotopic (exact) mass is 317 g/mol. The highest BCUT2D eigenvalue weighted by molar-refractivity contribution is 5.28. The highest BCUT2D eigenvalue weighted by Gasteiger charge is 2.16. The Balaban J connectivity index is 1.69. The zero-order valence-corrected chi connectivity index (χ0v) is 14.0. The molecular weight excluding hydrogens is 290 g/mol. The fourth-order valence-corrected chi connectivity index (χ4v) is 2.66. The third-order valence-electron chi connectivity index (χ3n) is 4.04. The average molecular weight is 317 g/mol. The number of hydrogen-bond donors (Lipinski definition) is 1. The van der Waals surface area contributed by atoms with Gasteiger partial charge in [0, 0.05) is 38.6 Å². The largest absolute Gasteiger partial charge is 0.494 e. The molecule has 1 saturated heterocycles. The molecule has 0 aromatic heterocycles. The van der Waals surface area contributed by atoms with Crippen molar-refractivity contribution in [1.82, 2.24) is 10.2 Å². The summed E-state index contributed by atoms with van der Waals surface area (Å²) in [6, 6.07) is 10.8. The van der Waals surface area contributed by atoms with Crippen LogP contribution in [0.25, 0.3) is 0 Å². The number of hydrogen-bond acceptors (Lipinski definition) is 5. The van der Waals surface area contributed by atoms with Gasteiger partial charge in [-0.2, -0.15) is 5.26 Å². The van der Waals surface area contributed by atoms with Crippen molar-refractivity contribution in [3.05, 3.63) is 29.8 Å². The van der Waals surface area contributed by atoms with Crippen molar-refractivity contribution in [1.29, 1.82) is 5.26 Å².